The highest BCUT2D eigenvalue weighted by molar-refractivity contribution is 5.80. The molecule has 0 aliphatic carbocycles. The van der Waals surface area contributed by atoms with Crippen LogP contribution in [-0.4, -0.2) is 23.5 Å². The maximum Gasteiger partial charge on any atom is 0.273 e. The summed E-state index contributed by atoms with van der Waals surface area (Å²) in [5.41, 5.74) is 0.744. The quantitative estimate of drug-likeness (QED) is 0.642. The van der Waals surface area contributed by atoms with Crippen LogP contribution in [0, 0.1) is 10.1 Å². The summed E-state index contributed by atoms with van der Waals surface area (Å²) in [7, 11) is 1.59. The number of nitro groups is 1. The molecular weight excluding hydrogens is 348 g/mol. The number of ether oxygens (including phenoxy) is 2. The smallest absolute Gasteiger partial charge is 0.273 e. The SMILES string of the molecule is COc1ccc2c(c1)OC(C)(C)C[C@@H]2NC(=O)Cc1ccccc1[N+](=O)[O-]. The minimum atomic E-state index is -0.470. The molecule has 2 aromatic carbocycles. The predicted molar refractivity (Wildman–Crippen MR) is 100 cm³/mol. The Hall–Kier alpha value is -3.09. The summed E-state index contributed by atoms with van der Waals surface area (Å²) in [5.74, 6) is 1.08. The molecule has 1 N–H and O–H groups in total. The minimum Gasteiger partial charge on any atom is -0.497 e. The molecule has 1 amide bonds. The second kappa shape index (κ2) is 7.26. The van der Waals surface area contributed by atoms with E-state index in [0.29, 0.717) is 23.5 Å². The van der Waals surface area contributed by atoms with Gasteiger partial charge < -0.3 is 14.8 Å². The number of carbonyl (C=O) groups excluding carboxylic acids is 1. The molecule has 1 aliphatic heterocycles. The molecule has 1 aliphatic rings. The molecule has 1 atom stereocenters. The lowest BCUT2D eigenvalue weighted by atomic mass is 9.89. The highest BCUT2D eigenvalue weighted by Crippen LogP contribution is 2.41. The number of fused-ring (bicyclic) bond motifs is 1. The number of nitrogens with one attached hydrogen (secondary N) is 1. The van der Waals surface area contributed by atoms with Gasteiger partial charge in [0.05, 0.1) is 24.5 Å². The summed E-state index contributed by atoms with van der Waals surface area (Å²) >= 11 is 0. The van der Waals surface area contributed by atoms with E-state index >= 15 is 0 Å². The molecule has 7 heteroatoms. The van der Waals surface area contributed by atoms with E-state index < -0.39 is 10.5 Å². The third-order valence-corrected chi connectivity index (χ3v) is 4.55. The zero-order valence-electron chi connectivity index (χ0n) is 15.5. The van der Waals surface area contributed by atoms with Gasteiger partial charge in [0.15, 0.2) is 0 Å². The van der Waals surface area contributed by atoms with E-state index in [1.54, 1.807) is 31.4 Å². The van der Waals surface area contributed by atoms with E-state index in [1.165, 1.54) is 6.07 Å². The summed E-state index contributed by atoms with van der Waals surface area (Å²) in [6.07, 6.45) is 0.537. The molecule has 0 spiro atoms. The third kappa shape index (κ3) is 4.19. The maximum atomic E-state index is 12.6. The standard InChI is InChI=1S/C20H22N2O5/c1-20(2)12-16(15-9-8-14(26-3)11-18(15)27-20)21-19(23)10-13-6-4-5-7-17(13)22(24)25/h4-9,11,16H,10,12H2,1-3H3,(H,21,23)/t16-/m0/s1. The van der Waals surface area contributed by atoms with Gasteiger partial charge in [0.1, 0.15) is 17.1 Å². The molecule has 0 fully saturated rings. The first-order valence-electron chi connectivity index (χ1n) is 8.68. The molecule has 0 saturated carbocycles. The van der Waals surface area contributed by atoms with E-state index in [0.717, 1.165) is 5.56 Å². The van der Waals surface area contributed by atoms with E-state index in [4.69, 9.17) is 9.47 Å². The van der Waals surface area contributed by atoms with Gasteiger partial charge in [-0.2, -0.15) is 0 Å². The second-order valence-corrected chi connectivity index (χ2v) is 7.15. The Morgan fingerprint density at radius 2 is 2.07 bits per heavy atom. The van der Waals surface area contributed by atoms with Gasteiger partial charge in [-0.25, -0.2) is 0 Å². The number of nitro benzene ring substituents is 1. The van der Waals surface area contributed by atoms with Crippen molar-refractivity contribution in [2.45, 2.75) is 38.3 Å². The number of nitrogens with zero attached hydrogens (tertiary/aromatic N) is 1. The van der Waals surface area contributed by atoms with Gasteiger partial charge in [0.25, 0.3) is 5.69 Å². The Kier molecular flexibility index (Phi) is 5.03. The highest BCUT2D eigenvalue weighted by atomic mass is 16.6. The average molecular weight is 370 g/mol. The lowest BCUT2D eigenvalue weighted by molar-refractivity contribution is -0.385. The number of hydrogen-bond donors (Lipinski definition) is 1. The molecule has 1 heterocycles. The van der Waals surface area contributed by atoms with Crippen molar-refractivity contribution < 1.29 is 19.2 Å². The van der Waals surface area contributed by atoms with E-state index in [9.17, 15) is 14.9 Å². The Morgan fingerprint density at radius 3 is 2.78 bits per heavy atom. The predicted octanol–water partition coefficient (Wildman–Crippen LogP) is 3.56. The molecule has 3 rings (SSSR count). The molecule has 2 aromatic rings. The average Bonchev–Trinajstić information content (AvgIpc) is 2.60. The van der Waals surface area contributed by atoms with Crippen LogP contribution in [0.3, 0.4) is 0 Å². The van der Waals surface area contributed by atoms with Crippen LogP contribution >= 0.6 is 0 Å². The zero-order valence-corrected chi connectivity index (χ0v) is 15.5. The van der Waals surface area contributed by atoms with Crippen LogP contribution in [0.1, 0.15) is 37.4 Å². The Morgan fingerprint density at radius 1 is 1.33 bits per heavy atom. The van der Waals surface area contributed by atoms with Crippen LogP contribution in [0.5, 0.6) is 11.5 Å². The first-order chi connectivity index (χ1) is 12.8. The summed E-state index contributed by atoms with van der Waals surface area (Å²) < 4.78 is 11.3. The van der Waals surface area contributed by atoms with Crippen LogP contribution in [0.25, 0.3) is 0 Å². The van der Waals surface area contributed by atoms with Crippen LogP contribution in [-0.2, 0) is 11.2 Å². The Balaban J connectivity index is 1.81. The summed E-state index contributed by atoms with van der Waals surface area (Å²) in [6.45, 7) is 3.91. The van der Waals surface area contributed by atoms with E-state index in [1.807, 2.05) is 26.0 Å². The largest absolute Gasteiger partial charge is 0.497 e. The molecule has 0 saturated heterocycles. The molecule has 0 bridgehead atoms. The second-order valence-electron chi connectivity index (χ2n) is 7.15. The number of para-hydroxylation sites is 1. The van der Waals surface area contributed by atoms with Gasteiger partial charge in [-0.1, -0.05) is 18.2 Å². The zero-order chi connectivity index (χ0) is 19.6. The van der Waals surface area contributed by atoms with Gasteiger partial charge in [-0.15, -0.1) is 0 Å². The lowest BCUT2D eigenvalue weighted by Gasteiger charge is -2.38. The highest BCUT2D eigenvalue weighted by Gasteiger charge is 2.35. The van der Waals surface area contributed by atoms with Crippen molar-refractivity contribution in [3.05, 3.63) is 63.7 Å². The summed E-state index contributed by atoms with van der Waals surface area (Å²) in [6, 6.07) is 11.5. The van der Waals surface area contributed by atoms with Crippen molar-refractivity contribution in [1.82, 2.24) is 5.32 Å². The fraction of sp³-hybridized carbons (Fsp3) is 0.350. The summed E-state index contributed by atoms with van der Waals surface area (Å²) in [5, 5.41) is 14.1. The molecule has 27 heavy (non-hydrogen) atoms. The number of benzene rings is 2. The summed E-state index contributed by atoms with van der Waals surface area (Å²) in [4.78, 5) is 23.3. The van der Waals surface area contributed by atoms with Crippen molar-refractivity contribution >= 4 is 11.6 Å². The van der Waals surface area contributed by atoms with Crippen LogP contribution in [0.2, 0.25) is 0 Å². The van der Waals surface area contributed by atoms with Crippen molar-refractivity contribution in [3.63, 3.8) is 0 Å². The molecule has 142 valence electrons. The normalized spacial score (nSPS) is 17.4. The van der Waals surface area contributed by atoms with Gasteiger partial charge in [-0.05, 0) is 26.0 Å². The van der Waals surface area contributed by atoms with Gasteiger partial charge in [0, 0.05) is 29.7 Å². The fourth-order valence-electron chi connectivity index (χ4n) is 3.34. The maximum absolute atomic E-state index is 12.6. The first kappa shape index (κ1) is 18.7. The van der Waals surface area contributed by atoms with Crippen molar-refractivity contribution in [1.29, 1.82) is 0 Å². The van der Waals surface area contributed by atoms with E-state index in [2.05, 4.69) is 5.32 Å². The minimum absolute atomic E-state index is 0.0508. The number of methoxy groups -OCH3 is 1. The molecule has 0 unspecified atom stereocenters. The number of amides is 1. The van der Waals surface area contributed by atoms with Gasteiger partial charge >= 0.3 is 0 Å². The number of hydrogen-bond acceptors (Lipinski definition) is 5. The monoisotopic (exact) mass is 370 g/mol. The van der Waals surface area contributed by atoms with Crippen molar-refractivity contribution in [3.8, 4) is 11.5 Å². The van der Waals surface area contributed by atoms with E-state index in [-0.39, 0.29) is 24.1 Å². The molecule has 0 radical (unpaired) electrons. The van der Waals surface area contributed by atoms with Crippen molar-refractivity contribution in [2.24, 2.45) is 0 Å². The fourth-order valence-corrected chi connectivity index (χ4v) is 3.34. The topological polar surface area (TPSA) is 90.7 Å². The van der Waals surface area contributed by atoms with Crippen molar-refractivity contribution in [2.75, 3.05) is 7.11 Å². The third-order valence-electron chi connectivity index (χ3n) is 4.55. The Labute approximate surface area is 157 Å². The molecule has 0 aromatic heterocycles. The van der Waals surface area contributed by atoms with Crippen LogP contribution < -0.4 is 14.8 Å². The van der Waals surface area contributed by atoms with Gasteiger partial charge in [-0.3, -0.25) is 14.9 Å². The van der Waals surface area contributed by atoms with Gasteiger partial charge in [0.2, 0.25) is 5.91 Å². The number of carbonyl (C=O) groups is 1. The van der Waals surface area contributed by atoms with Crippen LogP contribution in [0.15, 0.2) is 42.5 Å². The first-order valence-corrected chi connectivity index (χ1v) is 8.68. The number of rotatable bonds is 5. The molecule has 7 nitrogen and oxygen atoms in total. The lowest BCUT2D eigenvalue weighted by Crippen LogP contribution is -2.41. The molecular formula is C20H22N2O5. The van der Waals surface area contributed by atoms with Crippen LogP contribution in [0.4, 0.5) is 5.69 Å². The Bertz CT molecular complexity index is 878.